The predicted octanol–water partition coefficient (Wildman–Crippen LogP) is 2.25. The summed E-state index contributed by atoms with van der Waals surface area (Å²) in [5.74, 6) is 0.355. The average molecular weight is 328 g/mol. The van der Waals surface area contributed by atoms with Crippen LogP contribution in [0.2, 0.25) is 0 Å². The van der Waals surface area contributed by atoms with Crippen LogP contribution in [0.4, 0.5) is 0 Å². The van der Waals surface area contributed by atoms with Crippen LogP contribution in [-0.2, 0) is 6.42 Å². The van der Waals surface area contributed by atoms with Crippen molar-refractivity contribution in [2.45, 2.75) is 39.2 Å². The SMILES string of the molecule is CC(C)Cc1cc(C(=O)N2CCC[C@@H](n3cccn3)C2)cc(=O)[nH]1. The molecule has 1 atom stereocenters. The second kappa shape index (κ2) is 7.03. The second-order valence-corrected chi connectivity index (χ2v) is 6.89. The number of rotatable bonds is 4. The van der Waals surface area contributed by atoms with Gasteiger partial charge in [0.05, 0.1) is 6.04 Å². The molecule has 0 aliphatic carbocycles. The summed E-state index contributed by atoms with van der Waals surface area (Å²) < 4.78 is 1.92. The van der Waals surface area contributed by atoms with Gasteiger partial charge in [0.1, 0.15) is 0 Å². The molecule has 128 valence electrons. The molecule has 6 nitrogen and oxygen atoms in total. The lowest BCUT2D eigenvalue weighted by molar-refractivity contribution is 0.0672. The number of likely N-dealkylation sites (tertiary alicyclic amines) is 1. The molecule has 2 aromatic heterocycles. The minimum Gasteiger partial charge on any atom is -0.336 e. The predicted molar refractivity (Wildman–Crippen MR) is 92.0 cm³/mol. The number of amides is 1. The molecule has 6 heteroatoms. The van der Waals surface area contributed by atoms with Crippen LogP contribution in [0.5, 0.6) is 0 Å². The zero-order valence-corrected chi connectivity index (χ0v) is 14.2. The summed E-state index contributed by atoms with van der Waals surface area (Å²) >= 11 is 0. The van der Waals surface area contributed by atoms with Gasteiger partial charge in [-0.2, -0.15) is 5.10 Å². The molecule has 3 heterocycles. The third-order valence-electron chi connectivity index (χ3n) is 4.36. The Balaban J connectivity index is 1.78. The molecule has 1 N–H and O–H groups in total. The lowest BCUT2D eigenvalue weighted by atomic mass is 10.0. The summed E-state index contributed by atoms with van der Waals surface area (Å²) in [5.41, 5.74) is 1.09. The van der Waals surface area contributed by atoms with Crippen molar-refractivity contribution < 1.29 is 4.79 Å². The van der Waals surface area contributed by atoms with Crippen molar-refractivity contribution in [3.63, 3.8) is 0 Å². The van der Waals surface area contributed by atoms with Crippen LogP contribution in [0.25, 0.3) is 0 Å². The van der Waals surface area contributed by atoms with Crippen LogP contribution in [0.1, 0.15) is 48.8 Å². The molecule has 0 bridgehead atoms. The molecule has 24 heavy (non-hydrogen) atoms. The van der Waals surface area contributed by atoms with Crippen molar-refractivity contribution in [3.8, 4) is 0 Å². The van der Waals surface area contributed by atoms with Crippen LogP contribution in [0, 0.1) is 5.92 Å². The summed E-state index contributed by atoms with van der Waals surface area (Å²) in [4.78, 5) is 29.4. The van der Waals surface area contributed by atoms with Crippen LogP contribution in [0.3, 0.4) is 0 Å². The number of hydrogen-bond acceptors (Lipinski definition) is 3. The number of carbonyl (C=O) groups excluding carboxylic acids is 1. The molecule has 1 saturated heterocycles. The van der Waals surface area contributed by atoms with Gasteiger partial charge in [-0.25, -0.2) is 0 Å². The third-order valence-corrected chi connectivity index (χ3v) is 4.36. The van der Waals surface area contributed by atoms with Crippen LogP contribution in [-0.4, -0.2) is 38.7 Å². The number of H-pyrrole nitrogens is 1. The summed E-state index contributed by atoms with van der Waals surface area (Å²) in [7, 11) is 0. The quantitative estimate of drug-likeness (QED) is 0.936. The van der Waals surface area contributed by atoms with E-state index in [0.717, 1.165) is 31.5 Å². The Bertz CT molecular complexity index is 749. The highest BCUT2D eigenvalue weighted by molar-refractivity contribution is 5.94. The molecular formula is C18H24N4O2. The Kier molecular flexibility index (Phi) is 4.83. The minimum absolute atomic E-state index is 0.0667. The van der Waals surface area contributed by atoms with E-state index in [-0.39, 0.29) is 17.5 Å². The lowest BCUT2D eigenvalue weighted by Crippen LogP contribution is -2.41. The first kappa shape index (κ1) is 16.5. The average Bonchev–Trinajstić information content (AvgIpc) is 3.07. The number of carbonyl (C=O) groups is 1. The first-order valence-electron chi connectivity index (χ1n) is 8.54. The molecule has 3 rings (SSSR count). The van der Waals surface area contributed by atoms with E-state index in [1.807, 2.05) is 27.9 Å². The number of nitrogens with zero attached hydrogens (tertiary/aromatic N) is 3. The highest BCUT2D eigenvalue weighted by Crippen LogP contribution is 2.22. The van der Waals surface area contributed by atoms with Crippen LogP contribution in [0.15, 0.2) is 35.4 Å². The molecule has 2 aromatic rings. The maximum absolute atomic E-state index is 12.8. The molecule has 1 amide bonds. The fraction of sp³-hybridized carbons (Fsp3) is 0.500. The fourth-order valence-electron chi connectivity index (χ4n) is 3.31. The second-order valence-electron chi connectivity index (χ2n) is 6.89. The summed E-state index contributed by atoms with van der Waals surface area (Å²) in [6.45, 7) is 5.54. The summed E-state index contributed by atoms with van der Waals surface area (Å²) in [5, 5.41) is 4.29. The van der Waals surface area contributed by atoms with Gasteiger partial charge in [0.25, 0.3) is 5.91 Å². The number of aromatic nitrogens is 3. The van der Waals surface area contributed by atoms with E-state index >= 15 is 0 Å². The molecule has 0 radical (unpaired) electrons. The summed E-state index contributed by atoms with van der Waals surface area (Å²) in [6.07, 6.45) is 6.41. The Morgan fingerprint density at radius 2 is 2.25 bits per heavy atom. The van der Waals surface area contributed by atoms with E-state index in [0.29, 0.717) is 18.0 Å². The van der Waals surface area contributed by atoms with Crippen molar-refractivity contribution in [2.75, 3.05) is 13.1 Å². The van der Waals surface area contributed by atoms with E-state index in [2.05, 4.69) is 23.9 Å². The Hall–Kier alpha value is -2.37. The molecular weight excluding hydrogens is 304 g/mol. The highest BCUT2D eigenvalue weighted by Gasteiger charge is 2.26. The van der Waals surface area contributed by atoms with Gasteiger partial charge in [0.2, 0.25) is 5.56 Å². The zero-order valence-electron chi connectivity index (χ0n) is 14.2. The van der Waals surface area contributed by atoms with Gasteiger partial charge in [0, 0.05) is 42.8 Å². The number of aromatic amines is 1. The van der Waals surface area contributed by atoms with Gasteiger partial charge in [-0.3, -0.25) is 14.3 Å². The van der Waals surface area contributed by atoms with Gasteiger partial charge in [0.15, 0.2) is 0 Å². The molecule has 0 aromatic carbocycles. The lowest BCUT2D eigenvalue weighted by Gasteiger charge is -2.33. The molecule has 1 aliphatic rings. The Morgan fingerprint density at radius 1 is 1.42 bits per heavy atom. The van der Waals surface area contributed by atoms with Crippen molar-refractivity contribution in [2.24, 2.45) is 5.92 Å². The number of pyridine rings is 1. The van der Waals surface area contributed by atoms with Crippen molar-refractivity contribution in [1.82, 2.24) is 19.7 Å². The fourth-order valence-corrected chi connectivity index (χ4v) is 3.31. The first-order valence-corrected chi connectivity index (χ1v) is 8.54. The number of piperidine rings is 1. The van der Waals surface area contributed by atoms with E-state index in [9.17, 15) is 9.59 Å². The van der Waals surface area contributed by atoms with Crippen LogP contribution < -0.4 is 5.56 Å². The largest absolute Gasteiger partial charge is 0.336 e. The molecule has 0 unspecified atom stereocenters. The van der Waals surface area contributed by atoms with E-state index in [1.165, 1.54) is 6.07 Å². The molecule has 1 fully saturated rings. The van der Waals surface area contributed by atoms with Crippen molar-refractivity contribution in [3.05, 3.63) is 52.2 Å². The number of nitrogens with one attached hydrogen (secondary N) is 1. The van der Waals surface area contributed by atoms with E-state index in [4.69, 9.17) is 0 Å². The smallest absolute Gasteiger partial charge is 0.254 e. The van der Waals surface area contributed by atoms with Gasteiger partial charge in [-0.1, -0.05) is 13.8 Å². The summed E-state index contributed by atoms with van der Waals surface area (Å²) in [6, 6.07) is 5.33. The number of hydrogen-bond donors (Lipinski definition) is 1. The van der Waals surface area contributed by atoms with Gasteiger partial charge in [-0.05, 0) is 37.3 Å². The molecule has 0 spiro atoms. The van der Waals surface area contributed by atoms with Gasteiger partial charge in [-0.15, -0.1) is 0 Å². The Morgan fingerprint density at radius 3 is 2.96 bits per heavy atom. The van der Waals surface area contributed by atoms with Crippen molar-refractivity contribution >= 4 is 5.91 Å². The van der Waals surface area contributed by atoms with Crippen molar-refractivity contribution in [1.29, 1.82) is 0 Å². The maximum atomic E-state index is 12.8. The topological polar surface area (TPSA) is 71.0 Å². The minimum atomic E-state index is -0.211. The highest BCUT2D eigenvalue weighted by atomic mass is 16.2. The normalized spacial score (nSPS) is 18.1. The first-order chi connectivity index (χ1) is 11.5. The standard InChI is InChI=1S/C18H24N4O2/c1-13(2)9-15-10-14(11-17(23)20-15)18(24)21-7-3-5-16(12-21)22-8-4-6-19-22/h4,6,8,10-11,13,16H,3,5,7,9,12H2,1-2H3,(H,20,23)/t16-/m1/s1. The third kappa shape index (κ3) is 3.75. The molecule has 0 saturated carbocycles. The van der Waals surface area contributed by atoms with Gasteiger partial charge < -0.3 is 9.88 Å². The Labute approximate surface area is 141 Å². The van der Waals surface area contributed by atoms with Crippen LogP contribution >= 0.6 is 0 Å². The molecule has 1 aliphatic heterocycles. The van der Waals surface area contributed by atoms with E-state index in [1.54, 1.807) is 6.20 Å². The van der Waals surface area contributed by atoms with Gasteiger partial charge >= 0.3 is 0 Å². The van der Waals surface area contributed by atoms with E-state index < -0.39 is 0 Å². The zero-order chi connectivity index (χ0) is 17.1. The monoisotopic (exact) mass is 328 g/mol. The maximum Gasteiger partial charge on any atom is 0.254 e.